The number of hydrogen-bond acceptors (Lipinski definition) is 3. The molecule has 1 aromatic heterocycles. The van der Waals surface area contributed by atoms with Gasteiger partial charge in [0, 0.05) is 18.8 Å². The molecule has 0 unspecified atom stereocenters. The summed E-state index contributed by atoms with van der Waals surface area (Å²) < 4.78 is 27.0. The summed E-state index contributed by atoms with van der Waals surface area (Å²) in [5.41, 5.74) is 0.926. The zero-order valence-corrected chi connectivity index (χ0v) is 13.5. The molecule has 2 rings (SSSR count). The normalized spacial score (nSPS) is 12.0. The van der Waals surface area contributed by atoms with Gasteiger partial charge in [-0.1, -0.05) is 41.9 Å². The minimum Gasteiger partial charge on any atom is -0.243 e. The van der Waals surface area contributed by atoms with Gasteiger partial charge in [-0.3, -0.25) is 0 Å². The quantitative estimate of drug-likeness (QED) is 0.793. The second kappa shape index (κ2) is 6.56. The minimum atomic E-state index is -3.69. The maximum absolute atomic E-state index is 12.8. The fraction of sp³-hybridized carbons (Fsp3) is 0.267. The number of nitrogens with zero attached hydrogens (tertiary/aromatic N) is 2. The monoisotopic (exact) mass is 324 g/mol. The van der Waals surface area contributed by atoms with Crippen molar-refractivity contribution in [3.8, 4) is 0 Å². The third-order valence-corrected chi connectivity index (χ3v) is 5.54. The molecule has 1 aromatic carbocycles. The van der Waals surface area contributed by atoms with Gasteiger partial charge >= 0.3 is 0 Å². The van der Waals surface area contributed by atoms with Gasteiger partial charge in [0.15, 0.2) is 0 Å². The molecular formula is C15H17ClN2O2S. The maximum atomic E-state index is 12.8. The van der Waals surface area contributed by atoms with E-state index in [1.54, 1.807) is 6.07 Å². The summed E-state index contributed by atoms with van der Waals surface area (Å²) >= 11 is 5.94. The molecular weight excluding hydrogens is 308 g/mol. The summed E-state index contributed by atoms with van der Waals surface area (Å²) in [4.78, 5) is 3.89. The fourth-order valence-corrected chi connectivity index (χ4v) is 4.05. The minimum absolute atomic E-state index is 0.00351. The zero-order chi connectivity index (χ0) is 15.5. The van der Waals surface area contributed by atoms with Crippen LogP contribution >= 0.6 is 11.6 Å². The van der Waals surface area contributed by atoms with Gasteiger partial charge in [0.05, 0.1) is 0 Å². The van der Waals surface area contributed by atoms with E-state index in [1.807, 2.05) is 44.2 Å². The van der Waals surface area contributed by atoms with Crippen LogP contribution < -0.4 is 0 Å². The Labute approximate surface area is 130 Å². The first kappa shape index (κ1) is 15.9. The Morgan fingerprint density at radius 2 is 1.81 bits per heavy atom. The summed E-state index contributed by atoms with van der Waals surface area (Å²) in [7, 11) is -3.69. The van der Waals surface area contributed by atoms with E-state index in [4.69, 9.17) is 11.6 Å². The highest BCUT2D eigenvalue weighted by Gasteiger charge is 2.29. The van der Waals surface area contributed by atoms with Crippen molar-refractivity contribution in [2.45, 2.75) is 31.3 Å². The summed E-state index contributed by atoms with van der Waals surface area (Å²) in [6.45, 7) is 3.97. The molecule has 0 aliphatic heterocycles. The van der Waals surface area contributed by atoms with Crippen molar-refractivity contribution in [3.63, 3.8) is 0 Å². The Hall–Kier alpha value is -1.43. The van der Waals surface area contributed by atoms with Crippen molar-refractivity contribution in [1.82, 2.24) is 9.29 Å². The first-order valence-electron chi connectivity index (χ1n) is 6.59. The molecule has 0 saturated heterocycles. The highest BCUT2D eigenvalue weighted by molar-refractivity contribution is 7.89. The van der Waals surface area contributed by atoms with E-state index in [9.17, 15) is 8.42 Å². The lowest BCUT2D eigenvalue weighted by molar-refractivity contribution is 0.348. The van der Waals surface area contributed by atoms with Crippen LogP contribution in [0.15, 0.2) is 53.6 Å². The molecule has 0 fully saturated rings. The van der Waals surface area contributed by atoms with Gasteiger partial charge < -0.3 is 0 Å². The summed E-state index contributed by atoms with van der Waals surface area (Å²) in [5.74, 6) is 0. The Balaban J connectivity index is 2.40. The first-order chi connectivity index (χ1) is 9.93. The molecule has 0 atom stereocenters. The van der Waals surface area contributed by atoms with Crippen LogP contribution in [0, 0.1) is 0 Å². The van der Waals surface area contributed by atoms with Crippen LogP contribution in [0.4, 0.5) is 0 Å². The highest BCUT2D eigenvalue weighted by Crippen LogP contribution is 2.25. The van der Waals surface area contributed by atoms with Crippen LogP contribution in [-0.2, 0) is 16.6 Å². The molecule has 112 valence electrons. The largest absolute Gasteiger partial charge is 0.246 e. The molecule has 6 heteroatoms. The molecule has 0 amide bonds. The smallest absolute Gasteiger partial charge is 0.243 e. The van der Waals surface area contributed by atoms with Crippen LogP contribution in [0.2, 0.25) is 5.15 Å². The summed E-state index contributed by atoms with van der Waals surface area (Å²) in [6.07, 6.45) is 1.47. The number of halogens is 1. The highest BCUT2D eigenvalue weighted by atomic mass is 35.5. The first-order valence-corrected chi connectivity index (χ1v) is 8.41. The summed E-state index contributed by atoms with van der Waals surface area (Å²) in [6, 6.07) is 12.3. The Morgan fingerprint density at radius 1 is 1.14 bits per heavy atom. The summed E-state index contributed by atoms with van der Waals surface area (Å²) in [5, 5.41) is -0.00351. The third kappa shape index (κ3) is 3.61. The van der Waals surface area contributed by atoms with Crippen LogP contribution in [0.25, 0.3) is 0 Å². The van der Waals surface area contributed by atoms with Crippen LogP contribution in [0.3, 0.4) is 0 Å². The van der Waals surface area contributed by atoms with E-state index in [1.165, 1.54) is 16.6 Å². The predicted molar refractivity (Wildman–Crippen MR) is 83.6 cm³/mol. The van der Waals surface area contributed by atoms with E-state index in [2.05, 4.69) is 4.98 Å². The average Bonchev–Trinajstić information content (AvgIpc) is 2.45. The van der Waals surface area contributed by atoms with Gasteiger partial charge in [0.2, 0.25) is 10.0 Å². The zero-order valence-electron chi connectivity index (χ0n) is 11.9. The molecule has 0 N–H and O–H groups in total. The van der Waals surface area contributed by atoms with Crippen molar-refractivity contribution < 1.29 is 8.42 Å². The number of benzene rings is 1. The molecule has 21 heavy (non-hydrogen) atoms. The number of hydrogen-bond donors (Lipinski definition) is 0. The Bertz CT molecular complexity index is 703. The molecule has 2 aromatic rings. The van der Waals surface area contributed by atoms with Crippen molar-refractivity contribution in [2.75, 3.05) is 0 Å². The molecule has 0 bridgehead atoms. The third-order valence-electron chi connectivity index (χ3n) is 3.07. The van der Waals surface area contributed by atoms with Gasteiger partial charge in [-0.2, -0.15) is 4.31 Å². The predicted octanol–water partition coefficient (Wildman–Crippen LogP) is 3.33. The number of aromatic nitrogens is 1. The molecule has 4 nitrogen and oxygen atoms in total. The molecule has 0 spiro atoms. The van der Waals surface area contributed by atoms with E-state index in [0.29, 0.717) is 6.54 Å². The van der Waals surface area contributed by atoms with Crippen molar-refractivity contribution in [1.29, 1.82) is 0 Å². The van der Waals surface area contributed by atoms with Gasteiger partial charge in [0.1, 0.15) is 10.0 Å². The van der Waals surface area contributed by atoms with Gasteiger partial charge in [0.25, 0.3) is 0 Å². The Morgan fingerprint density at radius 3 is 2.38 bits per heavy atom. The SMILES string of the molecule is CC(C)N(Cc1ccccc1)S(=O)(=O)c1cccnc1Cl. The van der Waals surface area contributed by atoms with Crippen molar-refractivity contribution >= 4 is 21.6 Å². The fourth-order valence-electron chi connectivity index (χ4n) is 2.00. The second-order valence-corrected chi connectivity index (χ2v) is 7.14. The van der Waals surface area contributed by atoms with E-state index in [0.717, 1.165) is 5.56 Å². The topological polar surface area (TPSA) is 50.3 Å². The van der Waals surface area contributed by atoms with Crippen molar-refractivity contribution in [3.05, 3.63) is 59.4 Å². The molecule has 0 aliphatic carbocycles. The molecule has 1 heterocycles. The number of pyridine rings is 1. The van der Waals surface area contributed by atoms with Gasteiger partial charge in [-0.05, 0) is 31.5 Å². The maximum Gasteiger partial charge on any atom is 0.246 e. The lowest BCUT2D eigenvalue weighted by atomic mass is 10.2. The molecule has 0 saturated carbocycles. The van der Waals surface area contributed by atoms with Crippen LogP contribution in [-0.4, -0.2) is 23.7 Å². The second-order valence-electron chi connectivity index (χ2n) is 4.92. The lowest BCUT2D eigenvalue weighted by Crippen LogP contribution is -2.36. The van der Waals surface area contributed by atoms with Gasteiger partial charge in [-0.15, -0.1) is 0 Å². The van der Waals surface area contributed by atoms with E-state index in [-0.39, 0.29) is 16.1 Å². The van der Waals surface area contributed by atoms with Crippen LogP contribution in [0.5, 0.6) is 0 Å². The molecule has 0 radical (unpaired) electrons. The lowest BCUT2D eigenvalue weighted by Gasteiger charge is -2.26. The van der Waals surface area contributed by atoms with E-state index < -0.39 is 10.0 Å². The average molecular weight is 325 g/mol. The number of rotatable bonds is 5. The standard InChI is InChI=1S/C15H17ClN2O2S/c1-12(2)18(11-13-7-4-3-5-8-13)21(19,20)14-9-6-10-17-15(14)16/h3-10,12H,11H2,1-2H3. The van der Waals surface area contributed by atoms with Crippen molar-refractivity contribution in [2.24, 2.45) is 0 Å². The molecule has 0 aliphatic rings. The Kier molecular flexibility index (Phi) is 4.98. The number of sulfonamides is 1. The van der Waals surface area contributed by atoms with E-state index >= 15 is 0 Å². The van der Waals surface area contributed by atoms with Gasteiger partial charge in [-0.25, -0.2) is 13.4 Å². The van der Waals surface area contributed by atoms with Crippen LogP contribution in [0.1, 0.15) is 19.4 Å².